The van der Waals surface area contributed by atoms with Crippen molar-refractivity contribution in [3.63, 3.8) is 0 Å². The lowest BCUT2D eigenvalue weighted by atomic mass is 9.33. The summed E-state index contributed by atoms with van der Waals surface area (Å²) in [5, 5.41) is 0. The molecule has 10 atom stereocenters. The van der Waals surface area contributed by atoms with Crippen LogP contribution in [0.1, 0.15) is 159 Å². The van der Waals surface area contributed by atoms with Gasteiger partial charge in [0.25, 0.3) is 6.47 Å². The van der Waals surface area contributed by atoms with Gasteiger partial charge in [-0.05, 0) is 120 Å². The van der Waals surface area contributed by atoms with Crippen molar-refractivity contribution < 1.29 is 28.7 Å². The van der Waals surface area contributed by atoms with E-state index in [1.54, 1.807) is 0 Å². The largest absolute Gasteiger partial charge is 0.464 e. The van der Waals surface area contributed by atoms with Crippen molar-refractivity contribution in [1.82, 2.24) is 0 Å². The highest BCUT2D eigenvalue weighted by atomic mass is 16.6. The van der Waals surface area contributed by atoms with Gasteiger partial charge in [-0.25, -0.2) is 0 Å². The summed E-state index contributed by atoms with van der Waals surface area (Å²) in [5.41, 5.74) is 3.90. The second kappa shape index (κ2) is 14.1. The molecule has 0 unspecified atom stereocenters. The Morgan fingerprint density at radius 1 is 0.864 bits per heavy atom. The average Bonchev–Trinajstić information content (AvgIpc) is 3.79. The topological polar surface area (TPSA) is 99.1 Å². The highest BCUT2D eigenvalue weighted by Gasteiger charge is 2.71. The molecule has 0 bridgehead atoms. The number of carbonyl (C=O) groups is 4. The Labute approximate surface area is 354 Å². The summed E-state index contributed by atoms with van der Waals surface area (Å²) in [6.45, 7) is 25.5. The zero-order valence-corrected chi connectivity index (χ0v) is 38.0. The molecule has 8 rings (SSSR count). The number of hydrogen-bond acceptors (Lipinski definition) is 7. The number of nitrogens with zero attached hydrogens (tertiary/aromatic N) is 1. The van der Waals surface area contributed by atoms with E-state index < -0.39 is 16.2 Å². The average molecular weight is 806 g/mol. The standard InChI is InChI=1S/C52H71NO6/c1-31(2)43-36(55)27-52(40(56)28-46(3,4)39-25-33(29-53-39)32-15-13-12-14-16-32)24-23-50(10)34(44(43)52)17-18-38-49(9)21-20-41(48(7,8)37(49)19-22-51(38,50)11)59-45(57)35-26-42(58-30-54)47(35,5)6/h12-16,29-31,34-35,37-38,41-42H,17-28H2,1-11H3/t34-,35-,37+,38-,41+,42-,49+,50-,51-,52+/m1/s1. The van der Waals surface area contributed by atoms with Crippen LogP contribution >= 0.6 is 0 Å². The molecule has 5 saturated carbocycles. The van der Waals surface area contributed by atoms with Crippen LogP contribution in [0.25, 0.3) is 5.57 Å². The van der Waals surface area contributed by atoms with Gasteiger partial charge in [0.05, 0.1) is 11.3 Å². The number of benzene rings is 1. The molecule has 0 radical (unpaired) electrons. The molecule has 1 heterocycles. The maximum absolute atomic E-state index is 15.2. The summed E-state index contributed by atoms with van der Waals surface area (Å²) in [5.74, 6) is 1.20. The third-order valence-corrected chi connectivity index (χ3v) is 19.1. The first-order valence-electron chi connectivity index (χ1n) is 23.0. The van der Waals surface area contributed by atoms with Crippen LogP contribution in [0, 0.1) is 67.5 Å². The predicted molar refractivity (Wildman–Crippen MR) is 232 cm³/mol. The molecule has 7 nitrogen and oxygen atoms in total. The van der Waals surface area contributed by atoms with Crippen molar-refractivity contribution in [1.29, 1.82) is 0 Å². The maximum Gasteiger partial charge on any atom is 0.310 e. The Balaban J connectivity index is 1.04. The number of allylic oxidation sites excluding steroid dienone is 3. The monoisotopic (exact) mass is 806 g/mol. The van der Waals surface area contributed by atoms with Crippen LogP contribution in [0.3, 0.4) is 0 Å². The van der Waals surface area contributed by atoms with E-state index in [1.165, 1.54) is 16.7 Å². The Kier molecular flexibility index (Phi) is 10.1. The first kappa shape index (κ1) is 42.3. The minimum Gasteiger partial charge on any atom is -0.464 e. The number of aliphatic imine (C=N–C) groups is 1. The Hall–Kier alpha value is -3.35. The predicted octanol–water partition coefficient (Wildman–Crippen LogP) is 11.3. The van der Waals surface area contributed by atoms with E-state index in [2.05, 4.69) is 86.6 Å². The van der Waals surface area contributed by atoms with Gasteiger partial charge >= 0.3 is 5.97 Å². The minimum atomic E-state index is -0.727. The fourth-order valence-electron chi connectivity index (χ4n) is 15.3. The second-order valence-electron chi connectivity index (χ2n) is 23.2. The summed E-state index contributed by atoms with van der Waals surface area (Å²) in [6, 6.07) is 10.4. The van der Waals surface area contributed by atoms with Crippen LogP contribution in [-0.4, -0.2) is 41.9 Å². The van der Waals surface area contributed by atoms with Gasteiger partial charge in [0.1, 0.15) is 18.0 Å². The molecule has 1 aromatic rings. The molecule has 6 aliphatic carbocycles. The van der Waals surface area contributed by atoms with E-state index in [0.717, 1.165) is 69.1 Å². The number of ether oxygens (including phenoxy) is 2. The third kappa shape index (κ3) is 6.10. The van der Waals surface area contributed by atoms with Gasteiger partial charge in [0, 0.05) is 47.4 Å². The molecule has 0 N–H and O–H groups in total. The van der Waals surface area contributed by atoms with E-state index in [9.17, 15) is 14.4 Å². The summed E-state index contributed by atoms with van der Waals surface area (Å²) >= 11 is 0. The van der Waals surface area contributed by atoms with Gasteiger partial charge in [-0.15, -0.1) is 0 Å². The number of rotatable bonds is 10. The Morgan fingerprint density at radius 3 is 2.24 bits per heavy atom. The highest BCUT2D eigenvalue weighted by Crippen LogP contribution is 2.77. The van der Waals surface area contributed by atoms with Crippen molar-refractivity contribution >= 4 is 35.3 Å². The fraction of sp³-hybridized carbons (Fsp3) is 0.712. The summed E-state index contributed by atoms with van der Waals surface area (Å²) in [6.07, 6.45) is 11.4. The molecule has 320 valence electrons. The van der Waals surface area contributed by atoms with Gasteiger partial charge in [-0.1, -0.05) is 106 Å². The number of fused-ring (bicyclic) bond motifs is 7. The SMILES string of the molecule is CC(C)C1=C2[C@H]3CC[C@@H]4[C@@]5(C)CC[C@H](OC(=O)[C@H]6C[C@@H](OC=O)C6(C)C)C(C)(C)[C@@H]5CC[C@@]4(C)[C@]3(C)CC[C@@]2(C(=O)CC(C)(C)C2=NC=C(c3ccccc3)C2)CC1=O. The van der Waals surface area contributed by atoms with Gasteiger partial charge < -0.3 is 9.47 Å². The second-order valence-corrected chi connectivity index (χ2v) is 23.2. The third-order valence-electron chi connectivity index (χ3n) is 19.1. The normalized spacial score (nSPS) is 39.5. The molecule has 59 heavy (non-hydrogen) atoms. The van der Waals surface area contributed by atoms with Crippen molar-refractivity contribution in [3.05, 3.63) is 53.2 Å². The van der Waals surface area contributed by atoms with E-state index >= 15 is 4.79 Å². The molecule has 0 spiro atoms. The molecule has 0 saturated heterocycles. The molecular weight excluding hydrogens is 735 g/mol. The van der Waals surface area contributed by atoms with Crippen LogP contribution in [0.15, 0.2) is 52.7 Å². The molecule has 1 aromatic carbocycles. The quantitative estimate of drug-likeness (QED) is 0.172. The van der Waals surface area contributed by atoms with Gasteiger partial charge in [-0.3, -0.25) is 24.2 Å². The number of Topliss-reactive ketones (excluding diaryl/α,β-unsaturated/α-hetero) is 2. The van der Waals surface area contributed by atoms with Crippen LogP contribution < -0.4 is 0 Å². The summed E-state index contributed by atoms with van der Waals surface area (Å²) in [4.78, 5) is 59.2. The molecule has 5 fully saturated rings. The minimum absolute atomic E-state index is 0.0393. The van der Waals surface area contributed by atoms with Crippen LogP contribution in [-0.2, 0) is 28.7 Å². The lowest BCUT2D eigenvalue weighted by molar-refractivity contribution is -0.237. The zero-order chi connectivity index (χ0) is 42.7. The number of ketones is 2. The van der Waals surface area contributed by atoms with E-state index in [1.807, 2.05) is 26.1 Å². The number of hydrogen-bond donors (Lipinski definition) is 0. The zero-order valence-electron chi connectivity index (χ0n) is 38.0. The molecule has 7 aliphatic rings. The van der Waals surface area contributed by atoms with Crippen molar-refractivity contribution in [2.75, 3.05) is 0 Å². The maximum atomic E-state index is 15.2. The molecule has 0 aromatic heterocycles. The van der Waals surface area contributed by atoms with Crippen LogP contribution in [0.2, 0.25) is 0 Å². The first-order valence-corrected chi connectivity index (χ1v) is 23.0. The Morgan fingerprint density at radius 2 is 1.58 bits per heavy atom. The van der Waals surface area contributed by atoms with Gasteiger partial charge in [0.15, 0.2) is 5.78 Å². The van der Waals surface area contributed by atoms with E-state index in [4.69, 9.17) is 14.5 Å². The number of esters is 1. The first-order chi connectivity index (χ1) is 27.6. The van der Waals surface area contributed by atoms with Gasteiger partial charge in [-0.2, -0.15) is 0 Å². The van der Waals surface area contributed by atoms with Gasteiger partial charge in [0.2, 0.25) is 0 Å². The fourth-order valence-corrected chi connectivity index (χ4v) is 15.3. The smallest absolute Gasteiger partial charge is 0.310 e. The Bertz CT molecular complexity index is 2020. The van der Waals surface area contributed by atoms with Crippen molar-refractivity contribution in [2.45, 2.75) is 165 Å². The summed E-state index contributed by atoms with van der Waals surface area (Å²) < 4.78 is 11.8. The summed E-state index contributed by atoms with van der Waals surface area (Å²) in [7, 11) is 0. The molecule has 0 amide bonds. The van der Waals surface area contributed by atoms with Crippen molar-refractivity contribution in [2.24, 2.45) is 72.5 Å². The molecule has 1 aliphatic heterocycles. The lowest BCUT2D eigenvalue weighted by Gasteiger charge is -2.72. The van der Waals surface area contributed by atoms with Crippen molar-refractivity contribution in [3.8, 4) is 0 Å². The van der Waals surface area contributed by atoms with Crippen LogP contribution in [0.5, 0.6) is 0 Å². The molecular formula is C52H71NO6. The number of carbonyl (C=O) groups excluding carboxylic acids is 4. The molecule has 7 heteroatoms. The van der Waals surface area contributed by atoms with E-state index in [0.29, 0.717) is 37.6 Å². The van der Waals surface area contributed by atoms with Crippen LogP contribution in [0.4, 0.5) is 0 Å². The van der Waals surface area contributed by atoms with E-state index in [-0.39, 0.29) is 69.2 Å². The highest BCUT2D eigenvalue weighted by molar-refractivity contribution is 6.09. The lowest BCUT2D eigenvalue weighted by Crippen LogP contribution is -2.66.